The molecule has 1 atom stereocenters. The lowest BCUT2D eigenvalue weighted by Crippen LogP contribution is -2.14. The molecule has 0 aliphatic carbocycles. The Morgan fingerprint density at radius 3 is 2.47 bits per heavy atom. The van der Waals surface area contributed by atoms with Crippen LogP contribution in [0, 0.1) is 18.6 Å². The number of hydrogen-bond acceptors (Lipinski definition) is 2. The first-order chi connectivity index (χ1) is 6.57. The van der Waals surface area contributed by atoms with Gasteiger partial charge in [0, 0.05) is 18.2 Å². The van der Waals surface area contributed by atoms with Crippen LogP contribution in [-0.4, -0.2) is 11.7 Å². The number of aryl methyl sites for hydroxylation is 1. The van der Waals surface area contributed by atoms with E-state index in [9.17, 15) is 8.78 Å². The summed E-state index contributed by atoms with van der Waals surface area (Å²) in [4.78, 5) is 0. The van der Waals surface area contributed by atoms with Crippen LogP contribution in [0.5, 0.6) is 0 Å². The molecular weight excluding hydrogens is 224 g/mol. The zero-order chi connectivity index (χ0) is 10.7. The van der Waals surface area contributed by atoms with E-state index in [2.05, 4.69) is 0 Å². The number of aliphatic hydroxyl groups excluding tert-OH is 1. The largest absolute Gasteiger partial charge is 0.396 e. The van der Waals surface area contributed by atoms with Crippen LogP contribution in [0.25, 0.3) is 0 Å². The number of rotatable bonds is 3. The van der Waals surface area contributed by atoms with Gasteiger partial charge >= 0.3 is 0 Å². The average molecular weight is 238 g/mol. The van der Waals surface area contributed by atoms with Gasteiger partial charge in [-0.1, -0.05) is 12.1 Å². The van der Waals surface area contributed by atoms with Crippen molar-refractivity contribution in [1.29, 1.82) is 0 Å². The molecular formula is C10H14ClF2NO. The predicted octanol–water partition coefficient (Wildman–Crippen LogP) is 2.08. The summed E-state index contributed by atoms with van der Waals surface area (Å²) in [5.41, 5.74) is 5.92. The summed E-state index contributed by atoms with van der Waals surface area (Å²) in [6.45, 7) is 1.34. The van der Waals surface area contributed by atoms with Crippen LogP contribution in [0.1, 0.15) is 23.6 Å². The van der Waals surface area contributed by atoms with Gasteiger partial charge in [-0.3, -0.25) is 0 Å². The SMILES string of the molecule is Cc1ccc([C@@H](N)CCO)c(F)c1F.Cl. The van der Waals surface area contributed by atoms with E-state index < -0.39 is 17.7 Å². The number of benzene rings is 1. The molecule has 1 rings (SSSR count). The highest BCUT2D eigenvalue weighted by molar-refractivity contribution is 5.85. The Hall–Kier alpha value is -0.710. The van der Waals surface area contributed by atoms with E-state index in [4.69, 9.17) is 10.8 Å². The molecule has 0 radical (unpaired) electrons. The highest BCUT2D eigenvalue weighted by atomic mass is 35.5. The summed E-state index contributed by atoms with van der Waals surface area (Å²) >= 11 is 0. The van der Waals surface area contributed by atoms with Crippen molar-refractivity contribution in [1.82, 2.24) is 0 Å². The maximum atomic E-state index is 13.3. The first-order valence-corrected chi connectivity index (χ1v) is 4.39. The standard InChI is InChI=1S/C10H13F2NO.ClH/c1-6-2-3-7(8(13)4-5-14)10(12)9(6)11;/h2-3,8,14H,4-5,13H2,1H3;1H/t8-;/m0./s1. The van der Waals surface area contributed by atoms with Crippen LogP contribution < -0.4 is 5.73 Å². The molecule has 0 spiro atoms. The normalized spacial score (nSPS) is 12.1. The quantitative estimate of drug-likeness (QED) is 0.846. The molecule has 0 fully saturated rings. The third-order valence-corrected chi connectivity index (χ3v) is 2.14. The summed E-state index contributed by atoms with van der Waals surface area (Å²) in [6.07, 6.45) is 0.222. The minimum Gasteiger partial charge on any atom is -0.396 e. The van der Waals surface area contributed by atoms with Gasteiger partial charge in [-0.05, 0) is 18.9 Å². The van der Waals surface area contributed by atoms with Crippen LogP contribution >= 0.6 is 12.4 Å². The number of nitrogens with two attached hydrogens (primary N) is 1. The average Bonchev–Trinajstić information content (AvgIpc) is 2.15. The summed E-state index contributed by atoms with van der Waals surface area (Å²) in [5, 5.41) is 8.62. The van der Waals surface area contributed by atoms with E-state index in [0.717, 1.165) is 0 Å². The third-order valence-electron chi connectivity index (χ3n) is 2.14. The number of halogens is 3. The Labute approximate surface area is 93.5 Å². The summed E-state index contributed by atoms with van der Waals surface area (Å²) in [7, 11) is 0. The molecule has 15 heavy (non-hydrogen) atoms. The molecule has 0 aliphatic rings. The van der Waals surface area contributed by atoms with Gasteiger partial charge < -0.3 is 10.8 Å². The van der Waals surface area contributed by atoms with E-state index in [1.165, 1.54) is 19.1 Å². The lowest BCUT2D eigenvalue weighted by molar-refractivity contribution is 0.275. The van der Waals surface area contributed by atoms with E-state index in [0.29, 0.717) is 0 Å². The van der Waals surface area contributed by atoms with Crippen molar-refractivity contribution in [2.75, 3.05) is 6.61 Å². The van der Waals surface area contributed by atoms with Crippen LogP contribution in [-0.2, 0) is 0 Å². The second-order valence-corrected chi connectivity index (χ2v) is 3.22. The van der Waals surface area contributed by atoms with Crippen LogP contribution in [0.4, 0.5) is 8.78 Å². The van der Waals surface area contributed by atoms with Gasteiger partial charge in [0.15, 0.2) is 11.6 Å². The van der Waals surface area contributed by atoms with E-state index in [1.54, 1.807) is 0 Å². The lowest BCUT2D eigenvalue weighted by Gasteiger charge is -2.12. The van der Waals surface area contributed by atoms with Gasteiger partial charge in [0.25, 0.3) is 0 Å². The van der Waals surface area contributed by atoms with Gasteiger partial charge in [0.1, 0.15) is 0 Å². The van der Waals surface area contributed by atoms with Gasteiger partial charge in [0.05, 0.1) is 0 Å². The zero-order valence-corrected chi connectivity index (χ0v) is 9.15. The Morgan fingerprint density at radius 1 is 1.33 bits per heavy atom. The summed E-state index contributed by atoms with van der Waals surface area (Å²) < 4.78 is 26.4. The van der Waals surface area contributed by atoms with Crippen LogP contribution in [0.2, 0.25) is 0 Å². The van der Waals surface area contributed by atoms with Gasteiger partial charge in [-0.25, -0.2) is 8.78 Å². The minimum atomic E-state index is -0.911. The maximum absolute atomic E-state index is 13.3. The third kappa shape index (κ3) is 3.12. The Balaban J connectivity index is 0.00000196. The van der Waals surface area contributed by atoms with Gasteiger partial charge in [0.2, 0.25) is 0 Å². The number of hydrogen-bond donors (Lipinski definition) is 2. The Morgan fingerprint density at radius 2 is 1.93 bits per heavy atom. The molecule has 0 heterocycles. The molecule has 0 aromatic heterocycles. The first-order valence-electron chi connectivity index (χ1n) is 4.39. The predicted molar refractivity (Wildman–Crippen MR) is 57.0 cm³/mol. The monoisotopic (exact) mass is 237 g/mol. The molecule has 1 aromatic carbocycles. The molecule has 5 heteroatoms. The molecule has 0 saturated carbocycles. The van der Waals surface area contributed by atoms with E-state index in [1.807, 2.05) is 0 Å². The first kappa shape index (κ1) is 14.3. The molecule has 0 saturated heterocycles. The minimum absolute atomic E-state index is 0. The smallest absolute Gasteiger partial charge is 0.163 e. The van der Waals surface area contributed by atoms with Crippen molar-refractivity contribution in [2.24, 2.45) is 5.73 Å². The van der Waals surface area contributed by atoms with Crippen LogP contribution in [0.15, 0.2) is 12.1 Å². The number of aliphatic hydroxyl groups is 1. The fraction of sp³-hybridized carbons (Fsp3) is 0.400. The van der Waals surface area contributed by atoms with Crippen molar-refractivity contribution in [3.8, 4) is 0 Å². The second kappa shape index (κ2) is 6.00. The lowest BCUT2D eigenvalue weighted by atomic mass is 10.0. The fourth-order valence-electron chi connectivity index (χ4n) is 1.24. The Kier molecular flexibility index (Phi) is 5.72. The van der Waals surface area contributed by atoms with Gasteiger partial charge in [-0.15, -0.1) is 12.4 Å². The van der Waals surface area contributed by atoms with E-state index >= 15 is 0 Å². The van der Waals surface area contributed by atoms with Crippen molar-refractivity contribution in [2.45, 2.75) is 19.4 Å². The Bertz CT molecular complexity index is 333. The van der Waals surface area contributed by atoms with Gasteiger partial charge in [-0.2, -0.15) is 0 Å². The van der Waals surface area contributed by atoms with Crippen molar-refractivity contribution >= 4 is 12.4 Å². The molecule has 3 N–H and O–H groups in total. The molecule has 0 bridgehead atoms. The molecule has 0 amide bonds. The summed E-state index contributed by atoms with van der Waals surface area (Å²) in [6, 6.07) is 2.27. The zero-order valence-electron chi connectivity index (χ0n) is 8.34. The summed E-state index contributed by atoms with van der Waals surface area (Å²) in [5.74, 6) is -1.78. The highest BCUT2D eigenvalue weighted by Crippen LogP contribution is 2.21. The van der Waals surface area contributed by atoms with Crippen molar-refractivity contribution < 1.29 is 13.9 Å². The highest BCUT2D eigenvalue weighted by Gasteiger charge is 2.15. The topological polar surface area (TPSA) is 46.2 Å². The van der Waals surface area contributed by atoms with Crippen molar-refractivity contribution in [3.05, 3.63) is 34.9 Å². The molecule has 86 valence electrons. The second-order valence-electron chi connectivity index (χ2n) is 3.22. The molecule has 2 nitrogen and oxygen atoms in total. The molecule has 1 aromatic rings. The molecule has 0 aliphatic heterocycles. The fourth-order valence-corrected chi connectivity index (χ4v) is 1.24. The van der Waals surface area contributed by atoms with Crippen molar-refractivity contribution in [3.63, 3.8) is 0 Å². The van der Waals surface area contributed by atoms with E-state index in [-0.39, 0.29) is 36.6 Å². The maximum Gasteiger partial charge on any atom is 0.163 e. The molecule has 0 unspecified atom stereocenters. The van der Waals surface area contributed by atoms with Crippen LogP contribution in [0.3, 0.4) is 0 Å².